The molecule has 0 bridgehead atoms. The van der Waals surface area contributed by atoms with Crippen LogP contribution in [0.1, 0.15) is 19.8 Å². The summed E-state index contributed by atoms with van der Waals surface area (Å²) in [6, 6.07) is 4.71. The number of allylic oxidation sites excluding steroid dienone is 1. The second kappa shape index (κ2) is 6.57. The van der Waals surface area contributed by atoms with Gasteiger partial charge in [-0.15, -0.1) is 13.0 Å². The van der Waals surface area contributed by atoms with Crippen LogP contribution >= 0.6 is 22.6 Å². The number of nitrogens with zero attached hydrogens (tertiary/aromatic N) is 1. The molecule has 0 saturated carbocycles. The minimum Gasteiger partial charge on any atom is -0.475 e. The Labute approximate surface area is 126 Å². The maximum atomic E-state index is 10.9. The first-order valence-corrected chi connectivity index (χ1v) is 6.71. The Morgan fingerprint density at radius 2 is 2.37 bits per heavy atom. The van der Waals surface area contributed by atoms with E-state index in [1.807, 2.05) is 22.6 Å². The van der Waals surface area contributed by atoms with Crippen molar-refractivity contribution >= 4 is 28.3 Å². The van der Waals surface area contributed by atoms with Crippen LogP contribution in [0.4, 0.5) is 5.69 Å². The molecule has 19 heavy (non-hydrogen) atoms. The van der Waals surface area contributed by atoms with E-state index in [9.17, 15) is 10.1 Å². The summed E-state index contributed by atoms with van der Waals surface area (Å²) in [6.07, 6.45) is 8.56. The van der Waals surface area contributed by atoms with Crippen molar-refractivity contribution in [2.75, 3.05) is 0 Å². The van der Waals surface area contributed by atoms with Crippen LogP contribution in [0.3, 0.4) is 0 Å². The number of terminal acetylenes is 1. The van der Waals surface area contributed by atoms with Crippen LogP contribution in [-0.2, 0) is 0 Å². The molecule has 1 aromatic carbocycles. The minimum atomic E-state index is -0.797. The smallest absolute Gasteiger partial charge is 0.286 e. The molecular formula is C14H14INO3. The predicted molar refractivity (Wildman–Crippen MR) is 83.1 cm³/mol. The average Bonchev–Trinajstić information content (AvgIpc) is 2.38. The van der Waals surface area contributed by atoms with Gasteiger partial charge in [0.15, 0.2) is 5.60 Å². The quantitative estimate of drug-likeness (QED) is 0.250. The molecule has 100 valence electrons. The molecule has 0 aliphatic rings. The second-order valence-electron chi connectivity index (χ2n) is 4.17. The number of hydrogen-bond donors (Lipinski definition) is 0. The lowest BCUT2D eigenvalue weighted by Crippen LogP contribution is -2.30. The van der Waals surface area contributed by atoms with Gasteiger partial charge in [0.2, 0.25) is 0 Å². The number of halogens is 1. The molecule has 0 aliphatic carbocycles. The predicted octanol–water partition coefficient (Wildman–Crippen LogP) is 3.94. The van der Waals surface area contributed by atoms with Crippen LogP contribution in [0.15, 0.2) is 30.9 Å². The van der Waals surface area contributed by atoms with E-state index in [0.717, 1.165) is 0 Å². The van der Waals surface area contributed by atoms with Gasteiger partial charge in [0.25, 0.3) is 5.69 Å². The van der Waals surface area contributed by atoms with Crippen molar-refractivity contribution in [1.82, 2.24) is 0 Å². The fraction of sp³-hybridized carbons (Fsp3) is 0.286. The highest BCUT2D eigenvalue weighted by Gasteiger charge is 2.24. The third-order valence-electron chi connectivity index (χ3n) is 2.59. The first-order valence-electron chi connectivity index (χ1n) is 5.63. The van der Waals surface area contributed by atoms with E-state index in [0.29, 0.717) is 22.2 Å². The van der Waals surface area contributed by atoms with E-state index >= 15 is 0 Å². The van der Waals surface area contributed by atoms with Gasteiger partial charge >= 0.3 is 0 Å². The number of rotatable bonds is 6. The molecule has 0 fully saturated rings. The third kappa shape index (κ3) is 4.24. The Bertz CT molecular complexity index is 536. The monoisotopic (exact) mass is 371 g/mol. The lowest BCUT2D eigenvalue weighted by molar-refractivity contribution is -0.385. The van der Waals surface area contributed by atoms with Gasteiger partial charge in [-0.25, -0.2) is 0 Å². The van der Waals surface area contributed by atoms with Gasteiger partial charge in [-0.2, -0.15) is 0 Å². The maximum absolute atomic E-state index is 10.9. The molecule has 4 nitrogen and oxygen atoms in total. The zero-order valence-corrected chi connectivity index (χ0v) is 12.7. The number of ether oxygens (including phenoxy) is 1. The first-order chi connectivity index (χ1) is 8.91. The summed E-state index contributed by atoms with van der Waals surface area (Å²) < 4.78 is 6.27. The van der Waals surface area contributed by atoms with Crippen molar-refractivity contribution in [3.63, 3.8) is 0 Å². The number of nitro benzene ring substituents is 1. The average molecular weight is 371 g/mol. The lowest BCUT2D eigenvalue weighted by Gasteiger charge is -2.24. The van der Waals surface area contributed by atoms with Crippen molar-refractivity contribution in [2.24, 2.45) is 0 Å². The number of hydrogen-bond acceptors (Lipinski definition) is 3. The Morgan fingerprint density at radius 1 is 1.68 bits per heavy atom. The zero-order valence-electron chi connectivity index (χ0n) is 10.6. The van der Waals surface area contributed by atoms with Crippen LogP contribution in [-0.4, -0.2) is 10.5 Å². The first kappa shape index (κ1) is 15.5. The van der Waals surface area contributed by atoms with Gasteiger partial charge in [-0.1, -0.05) is 12.0 Å². The molecule has 0 spiro atoms. The van der Waals surface area contributed by atoms with E-state index in [4.69, 9.17) is 11.2 Å². The summed E-state index contributed by atoms with van der Waals surface area (Å²) in [5, 5.41) is 10.9. The molecule has 1 unspecified atom stereocenters. The van der Waals surface area contributed by atoms with E-state index in [2.05, 4.69) is 12.5 Å². The van der Waals surface area contributed by atoms with Crippen LogP contribution in [0.2, 0.25) is 0 Å². The minimum absolute atomic E-state index is 0.0150. The Kier molecular flexibility index (Phi) is 5.36. The van der Waals surface area contributed by atoms with Crippen LogP contribution in [0.25, 0.3) is 0 Å². The maximum Gasteiger partial charge on any atom is 0.286 e. The van der Waals surface area contributed by atoms with Gasteiger partial charge < -0.3 is 4.74 Å². The molecule has 0 N–H and O–H groups in total. The molecule has 0 aromatic heterocycles. The van der Waals surface area contributed by atoms with Crippen LogP contribution < -0.4 is 4.74 Å². The number of nitro groups is 1. The highest BCUT2D eigenvalue weighted by molar-refractivity contribution is 14.1. The largest absolute Gasteiger partial charge is 0.475 e. The van der Waals surface area contributed by atoms with Crippen LogP contribution in [0, 0.1) is 26.0 Å². The Balaban J connectivity index is 2.98. The van der Waals surface area contributed by atoms with Crippen molar-refractivity contribution < 1.29 is 9.66 Å². The Hall–Kier alpha value is -1.55. The summed E-state index contributed by atoms with van der Waals surface area (Å²) >= 11 is 1.91. The zero-order chi connectivity index (χ0) is 14.5. The summed E-state index contributed by atoms with van der Waals surface area (Å²) in [5.41, 5.74) is -0.782. The third-order valence-corrected chi connectivity index (χ3v) is 3.50. The van der Waals surface area contributed by atoms with Gasteiger partial charge in [-0.3, -0.25) is 10.1 Å². The van der Waals surface area contributed by atoms with Gasteiger partial charge in [0.05, 0.1) is 14.6 Å². The highest BCUT2D eigenvalue weighted by atomic mass is 127. The Morgan fingerprint density at radius 3 is 2.89 bits per heavy atom. The van der Waals surface area contributed by atoms with Crippen LogP contribution in [0.5, 0.6) is 5.75 Å². The summed E-state index contributed by atoms with van der Waals surface area (Å²) in [6.45, 7) is 5.42. The summed E-state index contributed by atoms with van der Waals surface area (Å²) in [5.74, 6) is 2.98. The molecular weight excluding hydrogens is 357 g/mol. The molecule has 1 rings (SSSR count). The normalized spacial score (nSPS) is 13.1. The van der Waals surface area contributed by atoms with Gasteiger partial charge in [0, 0.05) is 6.42 Å². The molecule has 1 aromatic rings. The van der Waals surface area contributed by atoms with Gasteiger partial charge in [-0.05, 0) is 48.1 Å². The molecule has 1 atom stereocenters. The SMILES string of the molecule is C#CC(C)(CCC=C)Oc1ccc(I)c([N+](=O)[O-])c1. The molecule has 0 heterocycles. The standard InChI is InChI=1S/C14H14INO3/c1-4-6-9-14(3,5-2)19-11-7-8-12(15)13(10-11)16(17)18/h2,4,7-8,10H,1,6,9H2,3H3. The highest BCUT2D eigenvalue weighted by Crippen LogP contribution is 2.29. The molecule has 0 saturated heterocycles. The summed E-state index contributed by atoms with van der Waals surface area (Å²) in [7, 11) is 0. The summed E-state index contributed by atoms with van der Waals surface area (Å²) in [4.78, 5) is 10.4. The van der Waals surface area contributed by atoms with E-state index in [1.54, 1.807) is 25.1 Å². The van der Waals surface area contributed by atoms with Crippen molar-refractivity contribution in [1.29, 1.82) is 0 Å². The molecule has 0 aliphatic heterocycles. The molecule has 0 amide bonds. The topological polar surface area (TPSA) is 52.4 Å². The van der Waals surface area contributed by atoms with Crippen molar-refractivity contribution in [3.8, 4) is 18.1 Å². The van der Waals surface area contributed by atoms with Crippen molar-refractivity contribution in [3.05, 3.63) is 44.5 Å². The van der Waals surface area contributed by atoms with Gasteiger partial charge in [0.1, 0.15) is 5.75 Å². The van der Waals surface area contributed by atoms with E-state index in [1.165, 1.54) is 6.07 Å². The van der Waals surface area contributed by atoms with Crippen molar-refractivity contribution in [2.45, 2.75) is 25.4 Å². The fourth-order valence-corrected chi connectivity index (χ4v) is 2.02. The van der Waals surface area contributed by atoms with E-state index in [-0.39, 0.29) is 5.69 Å². The fourth-order valence-electron chi connectivity index (χ4n) is 1.49. The lowest BCUT2D eigenvalue weighted by atomic mass is 10.0. The molecule has 0 radical (unpaired) electrons. The number of benzene rings is 1. The van der Waals surface area contributed by atoms with E-state index < -0.39 is 10.5 Å². The second-order valence-corrected chi connectivity index (χ2v) is 5.34. The molecule has 5 heteroatoms.